The third kappa shape index (κ3) is 3.05. The van der Waals surface area contributed by atoms with Crippen molar-refractivity contribution in [2.24, 2.45) is 0 Å². The number of ether oxygens (including phenoxy) is 1. The van der Waals surface area contributed by atoms with Gasteiger partial charge in [0.05, 0.1) is 23.4 Å². The van der Waals surface area contributed by atoms with Crippen molar-refractivity contribution in [1.29, 1.82) is 0 Å². The van der Waals surface area contributed by atoms with Crippen molar-refractivity contribution in [3.05, 3.63) is 64.9 Å². The molecule has 0 fully saturated rings. The number of hydrogen-bond donors (Lipinski definition) is 1. The van der Waals surface area contributed by atoms with E-state index in [1.807, 2.05) is 18.2 Å². The van der Waals surface area contributed by atoms with Gasteiger partial charge in [-0.05, 0) is 30.3 Å². The van der Waals surface area contributed by atoms with E-state index in [1.165, 1.54) is 25.3 Å². The standard InChI is InChI=1S/C17H12ClNO4/c1-22-17(21)11-6-7-12(18)13(8-11)19-16(20)15-9-10-4-2-3-5-14(10)23-15/h2-9H,1H3,(H,19,20). The molecule has 0 unspecified atom stereocenters. The van der Waals surface area contributed by atoms with Crippen molar-refractivity contribution in [2.45, 2.75) is 0 Å². The second-order valence-electron chi connectivity index (χ2n) is 4.79. The lowest BCUT2D eigenvalue weighted by molar-refractivity contribution is 0.0600. The lowest BCUT2D eigenvalue weighted by atomic mass is 10.2. The van der Waals surface area contributed by atoms with E-state index in [1.54, 1.807) is 12.1 Å². The molecule has 0 aliphatic rings. The summed E-state index contributed by atoms with van der Waals surface area (Å²) in [5.74, 6) is -0.809. The topological polar surface area (TPSA) is 68.5 Å². The third-order valence-electron chi connectivity index (χ3n) is 3.28. The van der Waals surface area contributed by atoms with Crippen LogP contribution in [0.1, 0.15) is 20.9 Å². The highest BCUT2D eigenvalue weighted by molar-refractivity contribution is 6.34. The maximum atomic E-state index is 12.3. The van der Waals surface area contributed by atoms with Gasteiger partial charge >= 0.3 is 5.97 Å². The normalized spacial score (nSPS) is 10.5. The lowest BCUT2D eigenvalue weighted by Gasteiger charge is -2.07. The summed E-state index contributed by atoms with van der Waals surface area (Å²) in [4.78, 5) is 23.9. The van der Waals surface area contributed by atoms with Gasteiger partial charge in [-0.1, -0.05) is 29.8 Å². The van der Waals surface area contributed by atoms with Gasteiger partial charge in [-0.25, -0.2) is 4.79 Å². The summed E-state index contributed by atoms with van der Waals surface area (Å²) in [6, 6.07) is 13.4. The highest BCUT2D eigenvalue weighted by atomic mass is 35.5. The zero-order chi connectivity index (χ0) is 16.4. The van der Waals surface area contributed by atoms with E-state index in [9.17, 15) is 9.59 Å². The number of rotatable bonds is 3. The average Bonchev–Trinajstić information content (AvgIpc) is 3.00. The molecule has 23 heavy (non-hydrogen) atoms. The molecule has 0 saturated carbocycles. The first-order valence-corrected chi connectivity index (χ1v) is 7.14. The quantitative estimate of drug-likeness (QED) is 0.734. The number of hydrogen-bond acceptors (Lipinski definition) is 4. The molecule has 0 bridgehead atoms. The Morgan fingerprint density at radius 3 is 2.65 bits per heavy atom. The van der Waals surface area contributed by atoms with E-state index in [-0.39, 0.29) is 11.3 Å². The minimum Gasteiger partial charge on any atom is -0.465 e. The molecule has 0 radical (unpaired) electrons. The van der Waals surface area contributed by atoms with Crippen LogP contribution in [-0.2, 0) is 4.74 Å². The molecule has 0 aliphatic carbocycles. The molecule has 3 rings (SSSR count). The minimum atomic E-state index is -0.513. The molecule has 0 aliphatic heterocycles. The predicted octanol–water partition coefficient (Wildman–Crippen LogP) is 4.13. The van der Waals surface area contributed by atoms with Crippen LogP contribution in [0.3, 0.4) is 0 Å². The van der Waals surface area contributed by atoms with Crippen molar-refractivity contribution >= 4 is 40.1 Å². The minimum absolute atomic E-state index is 0.158. The number of anilines is 1. The fourth-order valence-electron chi connectivity index (χ4n) is 2.14. The molecule has 1 amide bonds. The first kappa shape index (κ1) is 15.1. The van der Waals surface area contributed by atoms with Crippen LogP contribution in [0.15, 0.2) is 52.9 Å². The van der Waals surface area contributed by atoms with Crippen LogP contribution in [0.2, 0.25) is 5.02 Å². The van der Waals surface area contributed by atoms with Gasteiger partial charge in [0.1, 0.15) is 5.58 Å². The van der Waals surface area contributed by atoms with E-state index in [0.29, 0.717) is 16.3 Å². The molecule has 1 aromatic heterocycles. The molecule has 116 valence electrons. The van der Waals surface area contributed by atoms with Gasteiger partial charge in [0, 0.05) is 5.39 Å². The van der Waals surface area contributed by atoms with Gasteiger partial charge < -0.3 is 14.5 Å². The summed E-state index contributed by atoms with van der Waals surface area (Å²) in [7, 11) is 1.28. The van der Waals surface area contributed by atoms with Crippen LogP contribution in [0, 0.1) is 0 Å². The molecule has 1 N–H and O–H groups in total. The number of benzene rings is 2. The summed E-state index contributed by atoms with van der Waals surface area (Å²) in [5, 5.41) is 3.77. The Labute approximate surface area is 136 Å². The van der Waals surface area contributed by atoms with E-state index in [0.717, 1.165) is 5.39 Å². The molecule has 5 nitrogen and oxygen atoms in total. The molecule has 0 atom stereocenters. The summed E-state index contributed by atoms with van der Waals surface area (Å²) < 4.78 is 10.1. The van der Waals surface area contributed by atoms with Gasteiger partial charge in [-0.3, -0.25) is 4.79 Å². The Hall–Kier alpha value is -2.79. The zero-order valence-corrected chi connectivity index (χ0v) is 12.9. The van der Waals surface area contributed by atoms with E-state index in [2.05, 4.69) is 10.1 Å². The van der Waals surface area contributed by atoms with E-state index in [4.69, 9.17) is 16.0 Å². The van der Waals surface area contributed by atoms with Gasteiger partial charge in [0.25, 0.3) is 5.91 Å². The highest BCUT2D eigenvalue weighted by Gasteiger charge is 2.15. The van der Waals surface area contributed by atoms with Crippen molar-refractivity contribution < 1.29 is 18.7 Å². The smallest absolute Gasteiger partial charge is 0.337 e. The number of carbonyl (C=O) groups excluding carboxylic acids is 2. The Morgan fingerprint density at radius 1 is 1.13 bits per heavy atom. The third-order valence-corrected chi connectivity index (χ3v) is 3.61. The molecule has 0 spiro atoms. The largest absolute Gasteiger partial charge is 0.465 e. The lowest BCUT2D eigenvalue weighted by Crippen LogP contribution is -2.12. The average molecular weight is 330 g/mol. The number of methoxy groups -OCH3 is 1. The number of fused-ring (bicyclic) bond motifs is 1. The molecular weight excluding hydrogens is 318 g/mol. The molecule has 3 aromatic rings. The zero-order valence-electron chi connectivity index (χ0n) is 12.1. The van der Waals surface area contributed by atoms with Crippen molar-refractivity contribution in [3.8, 4) is 0 Å². The fourth-order valence-corrected chi connectivity index (χ4v) is 2.31. The SMILES string of the molecule is COC(=O)c1ccc(Cl)c(NC(=O)c2cc3ccccc3o2)c1. The summed E-state index contributed by atoms with van der Waals surface area (Å²) in [5.41, 5.74) is 1.21. The Kier molecular flexibility index (Phi) is 4.04. The number of esters is 1. The molecule has 2 aromatic carbocycles. The maximum Gasteiger partial charge on any atom is 0.337 e. The first-order valence-electron chi connectivity index (χ1n) is 6.76. The second-order valence-corrected chi connectivity index (χ2v) is 5.20. The number of halogens is 1. The molecular formula is C17H12ClNO4. The van der Waals surface area contributed by atoms with Gasteiger partial charge in [0.15, 0.2) is 5.76 Å². The Bertz CT molecular complexity index is 867. The van der Waals surface area contributed by atoms with Crippen LogP contribution < -0.4 is 5.32 Å². The number of carbonyl (C=O) groups is 2. The fraction of sp³-hybridized carbons (Fsp3) is 0.0588. The van der Waals surface area contributed by atoms with Gasteiger partial charge in [-0.2, -0.15) is 0 Å². The van der Waals surface area contributed by atoms with Crippen LogP contribution in [0.4, 0.5) is 5.69 Å². The monoisotopic (exact) mass is 329 g/mol. The number of nitrogens with one attached hydrogen (secondary N) is 1. The Morgan fingerprint density at radius 2 is 1.91 bits per heavy atom. The van der Waals surface area contributed by atoms with Gasteiger partial charge in [0.2, 0.25) is 0 Å². The van der Waals surface area contributed by atoms with E-state index < -0.39 is 11.9 Å². The second kappa shape index (κ2) is 6.14. The maximum absolute atomic E-state index is 12.3. The predicted molar refractivity (Wildman–Crippen MR) is 87.0 cm³/mol. The molecule has 6 heteroatoms. The van der Waals surface area contributed by atoms with Crippen LogP contribution in [-0.4, -0.2) is 19.0 Å². The number of furan rings is 1. The number of para-hydroxylation sites is 1. The van der Waals surface area contributed by atoms with Gasteiger partial charge in [-0.15, -0.1) is 0 Å². The summed E-state index contributed by atoms with van der Waals surface area (Å²) in [6.45, 7) is 0. The Balaban J connectivity index is 1.88. The summed E-state index contributed by atoms with van der Waals surface area (Å²) in [6.07, 6.45) is 0. The summed E-state index contributed by atoms with van der Waals surface area (Å²) >= 11 is 6.06. The van der Waals surface area contributed by atoms with Crippen molar-refractivity contribution in [2.75, 3.05) is 12.4 Å². The van der Waals surface area contributed by atoms with Crippen molar-refractivity contribution in [1.82, 2.24) is 0 Å². The van der Waals surface area contributed by atoms with Crippen LogP contribution >= 0.6 is 11.6 Å². The molecule has 0 saturated heterocycles. The van der Waals surface area contributed by atoms with Crippen molar-refractivity contribution in [3.63, 3.8) is 0 Å². The highest BCUT2D eigenvalue weighted by Crippen LogP contribution is 2.25. The van der Waals surface area contributed by atoms with E-state index >= 15 is 0 Å². The molecule has 1 heterocycles. The first-order chi connectivity index (χ1) is 11.1. The number of amides is 1. The van der Waals surface area contributed by atoms with Crippen LogP contribution in [0.25, 0.3) is 11.0 Å². The van der Waals surface area contributed by atoms with Crippen LogP contribution in [0.5, 0.6) is 0 Å².